The quantitative estimate of drug-likeness (QED) is 0.176. The van der Waals surface area contributed by atoms with Crippen molar-refractivity contribution in [1.29, 1.82) is 0 Å². The molecule has 2 aromatic carbocycles. The first-order chi connectivity index (χ1) is 17.3. The standard InChI is InChI=1S/C30H32N2O4/c1-19-11-13-21-15-17-23(29(35)27(21)31-19)25(33)9-7-5-3-4-6-8-10-26(34)24-18-16-22-14-12-20(2)32-28(22)30(24)36/h11-18,35-36H,3-10H2,1-2H3. The van der Waals surface area contributed by atoms with Gasteiger partial charge in [-0.3, -0.25) is 9.59 Å². The zero-order valence-electron chi connectivity index (χ0n) is 20.9. The number of hydrogen-bond donors (Lipinski definition) is 2. The summed E-state index contributed by atoms with van der Waals surface area (Å²) in [7, 11) is 0. The molecule has 0 aliphatic carbocycles. The second-order valence-corrected chi connectivity index (χ2v) is 9.44. The van der Waals surface area contributed by atoms with Gasteiger partial charge in [0.15, 0.2) is 23.1 Å². The van der Waals surface area contributed by atoms with E-state index in [9.17, 15) is 19.8 Å². The third kappa shape index (κ3) is 5.70. The Morgan fingerprint density at radius 3 is 1.36 bits per heavy atom. The molecule has 0 atom stereocenters. The fraction of sp³-hybridized carbons (Fsp3) is 0.333. The van der Waals surface area contributed by atoms with Crippen molar-refractivity contribution in [2.24, 2.45) is 0 Å². The van der Waals surface area contributed by atoms with Crippen LogP contribution in [0.1, 0.15) is 83.5 Å². The number of phenolic OH excluding ortho intramolecular Hbond substituents is 2. The summed E-state index contributed by atoms with van der Waals surface area (Å²) in [6.07, 6.45) is 6.09. The molecule has 4 rings (SSSR count). The number of benzene rings is 2. The van der Waals surface area contributed by atoms with Crippen LogP contribution >= 0.6 is 0 Å². The van der Waals surface area contributed by atoms with E-state index < -0.39 is 0 Å². The number of phenols is 2. The molecule has 186 valence electrons. The normalized spacial score (nSPS) is 11.3. The number of carbonyl (C=O) groups is 2. The summed E-state index contributed by atoms with van der Waals surface area (Å²) < 4.78 is 0. The summed E-state index contributed by atoms with van der Waals surface area (Å²) in [6.45, 7) is 3.71. The number of Topliss-reactive ketones (excluding diaryl/α,β-unsaturated/α-hetero) is 2. The molecule has 4 aromatic rings. The highest BCUT2D eigenvalue weighted by Gasteiger charge is 2.16. The Balaban J connectivity index is 1.18. The average molecular weight is 485 g/mol. The van der Waals surface area contributed by atoms with Crippen LogP contribution in [0.4, 0.5) is 0 Å². The molecule has 0 aliphatic heterocycles. The maximum Gasteiger partial charge on any atom is 0.166 e. The van der Waals surface area contributed by atoms with Crippen LogP contribution in [0.3, 0.4) is 0 Å². The number of nitrogens with zero attached hydrogens (tertiary/aromatic N) is 2. The molecular weight excluding hydrogens is 452 g/mol. The summed E-state index contributed by atoms with van der Waals surface area (Å²) in [5, 5.41) is 22.7. The maximum atomic E-state index is 12.6. The molecule has 0 aliphatic rings. The van der Waals surface area contributed by atoms with Gasteiger partial charge in [0.2, 0.25) is 0 Å². The van der Waals surface area contributed by atoms with Crippen LogP contribution < -0.4 is 0 Å². The van der Waals surface area contributed by atoms with Crippen molar-refractivity contribution in [1.82, 2.24) is 9.97 Å². The van der Waals surface area contributed by atoms with E-state index in [-0.39, 0.29) is 23.1 Å². The van der Waals surface area contributed by atoms with E-state index in [2.05, 4.69) is 9.97 Å². The van der Waals surface area contributed by atoms with E-state index in [0.29, 0.717) is 35.0 Å². The van der Waals surface area contributed by atoms with E-state index in [0.717, 1.165) is 60.7 Å². The Hall–Kier alpha value is -3.80. The molecule has 0 saturated heterocycles. The number of aryl methyl sites for hydroxylation is 2. The van der Waals surface area contributed by atoms with Crippen LogP contribution in [0.5, 0.6) is 11.5 Å². The van der Waals surface area contributed by atoms with Gasteiger partial charge in [-0.05, 0) is 51.0 Å². The highest BCUT2D eigenvalue weighted by atomic mass is 16.3. The molecule has 2 aromatic heterocycles. The Labute approximate surface area is 211 Å². The lowest BCUT2D eigenvalue weighted by atomic mass is 9.99. The van der Waals surface area contributed by atoms with Crippen LogP contribution in [0, 0.1) is 13.8 Å². The Morgan fingerprint density at radius 2 is 0.944 bits per heavy atom. The fourth-order valence-corrected chi connectivity index (χ4v) is 4.54. The number of carbonyl (C=O) groups excluding carboxylic acids is 2. The largest absolute Gasteiger partial charge is 0.505 e. The summed E-state index contributed by atoms with van der Waals surface area (Å²) >= 11 is 0. The summed E-state index contributed by atoms with van der Waals surface area (Å²) in [6, 6.07) is 14.5. The Morgan fingerprint density at radius 1 is 0.583 bits per heavy atom. The minimum atomic E-state index is -0.0665. The first-order valence-electron chi connectivity index (χ1n) is 12.6. The van der Waals surface area contributed by atoms with Crippen LogP contribution in [0.25, 0.3) is 21.8 Å². The van der Waals surface area contributed by atoms with Crippen molar-refractivity contribution in [2.75, 3.05) is 0 Å². The number of aromatic hydroxyl groups is 2. The van der Waals surface area contributed by atoms with Crippen LogP contribution in [-0.2, 0) is 0 Å². The third-order valence-electron chi connectivity index (χ3n) is 6.61. The van der Waals surface area contributed by atoms with E-state index >= 15 is 0 Å². The maximum absolute atomic E-state index is 12.6. The highest BCUT2D eigenvalue weighted by molar-refractivity contribution is 6.04. The number of pyridine rings is 2. The molecule has 6 nitrogen and oxygen atoms in total. The van der Waals surface area contributed by atoms with Crippen LogP contribution in [-0.4, -0.2) is 31.7 Å². The molecule has 0 spiro atoms. The molecule has 0 amide bonds. The van der Waals surface area contributed by atoms with Crippen LogP contribution in [0.15, 0.2) is 48.5 Å². The monoisotopic (exact) mass is 484 g/mol. The van der Waals surface area contributed by atoms with Crippen molar-refractivity contribution in [3.8, 4) is 11.5 Å². The lowest BCUT2D eigenvalue weighted by Crippen LogP contribution is -2.01. The van der Waals surface area contributed by atoms with Gasteiger partial charge in [-0.15, -0.1) is 0 Å². The van der Waals surface area contributed by atoms with Crippen molar-refractivity contribution in [3.05, 3.63) is 71.0 Å². The van der Waals surface area contributed by atoms with Gasteiger partial charge in [0.25, 0.3) is 0 Å². The first-order valence-corrected chi connectivity index (χ1v) is 12.6. The van der Waals surface area contributed by atoms with Crippen LogP contribution in [0.2, 0.25) is 0 Å². The number of ketones is 2. The molecule has 0 unspecified atom stereocenters. The van der Waals surface area contributed by atoms with Gasteiger partial charge in [0.1, 0.15) is 11.0 Å². The van der Waals surface area contributed by atoms with Crippen molar-refractivity contribution >= 4 is 33.4 Å². The number of rotatable bonds is 11. The van der Waals surface area contributed by atoms with E-state index in [1.165, 1.54) is 0 Å². The lowest BCUT2D eigenvalue weighted by Gasteiger charge is -2.08. The number of fused-ring (bicyclic) bond motifs is 2. The zero-order valence-corrected chi connectivity index (χ0v) is 20.9. The molecule has 2 heterocycles. The molecule has 0 radical (unpaired) electrons. The molecule has 0 fully saturated rings. The summed E-state index contributed by atoms with van der Waals surface area (Å²) in [5.74, 6) is -0.199. The second-order valence-electron chi connectivity index (χ2n) is 9.44. The number of aromatic nitrogens is 2. The lowest BCUT2D eigenvalue weighted by molar-refractivity contribution is 0.0967. The van der Waals surface area contributed by atoms with Gasteiger partial charge in [-0.25, -0.2) is 9.97 Å². The molecule has 6 heteroatoms. The molecule has 0 saturated carbocycles. The van der Waals surface area contributed by atoms with Crippen molar-refractivity contribution in [3.63, 3.8) is 0 Å². The minimum absolute atomic E-state index is 0.0331. The van der Waals surface area contributed by atoms with Gasteiger partial charge in [0, 0.05) is 35.0 Å². The van der Waals surface area contributed by atoms with Gasteiger partial charge < -0.3 is 10.2 Å². The molecular formula is C30H32N2O4. The average Bonchev–Trinajstić information content (AvgIpc) is 2.86. The topological polar surface area (TPSA) is 100 Å². The SMILES string of the molecule is Cc1ccc2ccc(C(=O)CCCCCCCCC(=O)c3ccc4ccc(C)nc4c3O)c(O)c2n1. The van der Waals surface area contributed by atoms with E-state index in [4.69, 9.17) is 0 Å². The predicted molar refractivity (Wildman–Crippen MR) is 142 cm³/mol. The zero-order chi connectivity index (χ0) is 25.7. The Kier molecular flexibility index (Phi) is 7.93. The fourth-order valence-electron chi connectivity index (χ4n) is 4.54. The molecule has 0 bridgehead atoms. The van der Waals surface area contributed by atoms with Crippen molar-refractivity contribution in [2.45, 2.75) is 65.2 Å². The molecule has 2 N–H and O–H groups in total. The van der Waals surface area contributed by atoms with Gasteiger partial charge in [-0.2, -0.15) is 0 Å². The van der Waals surface area contributed by atoms with Crippen molar-refractivity contribution < 1.29 is 19.8 Å². The number of unbranched alkanes of at least 4 members (excludes halogenated alkanes) is 5. The highest BCUT2D eigenvalue weighted by Crippen LogP contribution is 2.30. The van der Waals surface area contributed by atoms with Gasteiger partial charge in [0.05, 0.1) is 11.1 Å². The summed E-state index contributed by atoms with van der Waals surface area (Å²) in [4.78, 5) is 34.0. The predicted octanol–water partition coefficient (Wildman–Crippen LogP) is 7.00. The summed E-state index contributed by atoms with van der Waals surface area (Å²) in [5.41, 5.74) is 3.20. The molecule has 36 heavy (non-hydrogen) atoms. The van der Waals surface area contributed by atoms with E-state index in [1.807, 2.05) is 50.2 Å². The van der Waals surface area contributed by atoms with E-state index in [1.54, 1.807) is 12.1 Å². The third-order valence-corrected chi connectivity index (χ3v) is 6.61. The Bertz CT molecular complexity index is 1320. The second kappa shape index (κ2) is 11.3. The first kappa shape index (κ1) is 25.3. The number of hydrogen-bond acceptors (Lipinski definition) is 6. The van der Waals surface area contributed by atoms with Gasteiger partial charge >= 0.3 is 0 Å². The minimum Gasteiger partial charge on any atom is -0.505 e. The van der Waals surface area contributed by atoms with Gasteiger partial charge in [-0.1, -0.05) is 49.9 Å². The smallest absolute Gasteiger partial charge is 0.166 e.